The zero-order valence-corrected chi connectivity index (χ0v) is 8.88. The lowest BCUT2D eigenvalue weighted by Crippen LogP contribution is -1.95. The molecule has 0 heterocycles. The first-order valence-corrected chi connectivity index (χ1v) is 4.92. The van der Waals surface area contributed by atoms with E-state index in [9.17, 15) is 22.4 Å². The Labute approximate surface area is 99.7 Å². The molecule has 0 aromatic heterocycles. The summed E-state index contributed by atoms with van der Waals surface area (Å²) in [5.41, 5.74) is 0.0260. The molecule has 18 heavy (non-hydrogen) atoms. The summed E-state index contributed by atoms with van der Waals surface area (Å²) in [5.74, 6) is -4.98. The maximum absolute atomic E-state index is 13.1. The normalized spacial score (nSPS) is 10.4. The number of halogens is 4. The van der Waals surface area contributed by atoms with E-state index in [0.717, 1.165) is 24.3 Å². The number of aldehydes is 1. The van der Waals surface area contributed by atoms with E-state index in [4.69, 9.17) is 0 Å². The summed E-state index contributed by atoms with van der Waals surface area (Å²) in [5, 5.41) is 0. The molecule has 0 fully saturated rings. The summed E-state index contributed by atoms with van der Waals surface area (Å²) in [6.45, 7) is 0. The highest BCUT2D eigenvalue weighted by Gasteiger charge is 2.13. The van der Waals surface area contributed by atoms with Gasteiger partial charge in [0.2, 0.25) is 0 Å². The molecule has 5 heteroatoms. The summed E-state index contributed by atoms with van der Waals surface area (Å²) < 4.78 is 51.8. The molecule has 0 saturated heterocycles. The van der Waals surface area contributed by atoms with Crippen LogP contribution in [0.5, 0.6) is 0 Å². The molecule has 0 spiro atoms. The molecule has 0 N–H and O–H groups in total. The molecular weight excluding hydrogens is 248 g/mol. The lowest BCUT2D eigenvalue weighted by Gasteiger charge is -2.06. The molecule has 0 aliphatic carbocycles. The van der Waals surface area contributed by atoms with Crippen molar-refractivity contribution in [2.24, 2.45) is 0 Å². The molecule has 2 aromatic rings. The summed E-state index contributed by atoms with van der Waals surface area (Å²) in [7, 11) is 0. The second-order valence-corrected chi connectivity index (χ2v) is 3.60. The second-order valence-electron chi connectivity index (χ2n) is 3.60. The Morgan fingerprint density at radius 2 is 1.50 bits per heavy atom. The molecule has 0 saturated carbocycles. The third-order valence-corrected chi connectivity index (χ3v) is 2.44. The van der Waals surface area contributed by atoms with E-state index in [0.29, 0.717) is 6.29 Å². The van der Waals surface area contributed by atoms with Crippen molar-refractivity contribution in [3.63, 3.8) is 0 Å². The van der Waals surface area contributed by atoms with Gasteiger partial charge in [-0.15, -0.1) is 0 Å². The zero-order valence-electron chi connectivity index (χ0n) is 8.88. The highest BCUT2D eigenvalue weighted by Crippen LogP contribution is 2.26. The van der Waals surface area contributed by atoms with Crippen LogP contribution in [0.15, 0.2) is 30.3 Å². The summed E-state index contributed by atoms with van der Waals surface area (Å²) in [6.07, 6.45) is 0.359. The fourth-order valence-corrected chi connectivity index (χ4v) is 1.61. The predicted octanol–water partition coefficient (Wildman–Crippen LogP) is 3.72. The first-order valence-electron chi connectivity index (χ1n) is 4.92. The van der Waals surface area contributed by atoms with Gasteiger partial charge in [-0.05, 0) is 35.4 Å². The Morgan fingerprint density at radius 1 is 0.889 bits per heavy atom. The van der Waals surface area contributed by atoms with E-state index in [1.165, 1.54) is 6.07 Å². The van der Waals surface area contributed by atoms with Crippen molar-refractivity contribution in [2.75, 3.05) is 0 Å². The Balaban J connectivity index is 2.65. The SMILES string of the molecule is O=Cc1cc(F)ccc1-c1cc(F)c(F)c(F)c1. The van der Waals surface area contributed by atoms with Crippen molar-refractivity contribution in [1.82, 2.24) is 0 Å². The van der Waals surface area contributed by atoms with Gasteiger partial charge in [-0.3, -0.25) is 4.79 Å². The van der Waals surface area contributed by atoms with Crippen LogP contribution in [0.1, 0.15) is 10.4 Å². The molecule has 0 bridgehead atoms. The number of hydrogen-bond donors (Lipinski definition) is 0. The lowest BCUT2D eigenvalue weighted by molar-refractivity contribution is 0.112. The molecule has 2 rings (SSSR count). The van der Waals surface area contributed by atoms with E-state index in [2.05, 4.69) is 0 Å². The van der Waals surface area contributed by atoms with Crippen LogP contribution in [0, 0.1) is 23.3 Å². The van der Waals surface area contributed by atoms with Gasteiger partial charge in [-0.1, -0.05) is 6.07 Å². The van der Waals surface area contributed by atoms with Gasteiger partial charge in [0.05, 0.1) is 0 Å². The van der Waals surface area contributed by atoms with E-state index in [-0.39, 0.29) is 16.7 Å². The third-order valence-electron chi connectivity index (χ3n) is 2.44. The van der Waals surface area contributed by atoms with Crippen LogP contribution in [0.2, 0.25) is 0 Å². The van der Waals surface area contributed by atoms with E-state index in [1.807, 2.05) is 0 Å². The van der Waals surface area contributed by atoms with Crippen LogP contribution in [0.3, 0.4) is 0 Å². The van der Waals surface area contributed by atoms with E-state index in [1.54, 1.807) is 0 Å². The summed E-state index contributed by atoms with van der Waals surface area (Å²) in [4.78, 5) is 10.8. The minimum absolute atomic E-state index is 0.0338. The fraction of sp³-hybridized carbons (Fsp3) is 0. The van der Waals surface area contributed by atoms with Crippen LogP contribution in [0.25, 0.3) is 11.1 Å². The van der Waals surface area contributed by atoms with Gasteiger partial charge in [-0.2, -0.15) is 0 Å². The molecule has 0 amide bonds. The highest BCUT2D eigenvalue weighted by atomic mass is 19.2. The van der Waals surface area contributed by atoms with Gasteiger partial charge in [-0.25, -0.2) is 17.6 Å². The van der Waals surface area contributed by atoms with Gasteiger partial charge < -0.3 is 0 Å². The second kappa shape index (κ2) is 4.60. The quantitative estimate of drug-likeness (QED) is 0.453. The molecular formula is C13H6F4O. The first kappa shape index (κ1) is 12.3. The fourth-order valence-electron chi connectivity index (χ4n) is 1.61. The average molecular weight is 254 g/mol. The van der Waals surface area contributed by atoms with Crippen molar-refractivity contribution in [3.05, 3.63) is 59.2 Å². The van der Waals surface area contributed by atoms with Crippen molar-refractivity contribution in [2.45, 2.75) is 0 Å². The molecule has 0 atom stereocenters. The first-order chi connectivity index (χ1) is 8.52. The average Bonchev–Trinajstić information content (AvgIpc) is 2.35. The van der Waals surface area contributed by atoms with E-state index >= 15 is 0 Å². The molecule has 0 aliphatic rings. The Morgan fingerprint density at radius 3 is 2.06 bits per heavy atom. The van der Waals surface area contributed by atoms with Crippen molar-refractivity contribution < 1.29 is 22.4 Å². The smallest absolute Gasteiger partial charge is 0.194 e. The largest absolute Gasteiger partial charge is 0.298 e. The Hall–Kier alpha value is -2.17. The van der Waals surface area contributed by atoms with Gasteiger partial charge in [0, 0.05) is 5.56 Å². The molecule has 0 radical (unpaired) electrons. The standard InChI is InChI=1S/C13H6F4O/c14-9-1-2-10(8(3-9)6-18)7-4-11(15)13(17)12(16)5-7/h1-6H. The van der Waals surface area contributed by atoms with Crippen molar-refractivity contribution in [1.29, 1.82) is 0 Å². The monoisotopic (exact) mass is 254 g/mol. The summed E-state index contributed by atoms with van der Waals surface area (Å²) >= 11 is 0. The van der Waals surface area contributed by atoms with E-state index < -0.39 is 23.3 Å². The summed E-state index contributed by atoms with van der Waals surface area (Å²) in [6, 6.07) is 4.67. The maximum Gasteiger partial charge on any atom is 0.194 e. The zero-order chi connectivity index (χ0) is 13.3. The number of benzene rings is 2. The molecule has 0 unspecified atom stereocenters. The Kier molecular flexibility index (Phi) is 3.14. The number of rotatable bonds is 2. The van der Waals surface area contributed by atoms with Crippen LogP contribution < -0.4 is 0 Å². The Bertz CT molecular complexity index is 599. The third kappa shape index (κ3) is 2.11. The number of hydrogen-bond acceptors (Lipinski definition) is 1. The van der Waals surface area contributed by atoms with Crippen LogP contribution in [-0.2, 0) is 0 Å². The van der Waals surface area contributed by atoms with Gasteiger partial charge >= 0.3 is 0 Å². The van der Waals surface area contributed by atoms with Gasteiger partial charge in [0.15, 0.2) is 23.7 Å². The molecule has 2 aromatic carbocycles. The van der Waals surface area contributed by atoms with Crippen LogP contribution in [0.4, 0.5) is 17.6 Å². The number of carbonyl (C=O) groups excluding carboxylic acids is 1. The van der Waals surface area contributed by atoms with Gasteiger partial charge in [0.25, 0.3) is 0 Å². The minimum Gasteiger partial charge on any atom is -0.298 e. The van der Waals surface area contributed by atoms with Crippen LogP contribution >= 0.6 is 0 Å². The molecule has 1 nitrogen and oxygen atoms in total. The van der Waals surface area contributed by atoms with Crippen LogP contribution in [-0.4, -0.2) is 6.29 Å². The molecule has 0 aliphatic heterocycles. The minimum atomic E-state index is -1.59. The van der Waals surface area contributed by atoms with Crippen molar-refractivity contribution >= 4 is 6.29 Å². The highest BCUT2D eigenvalue weighted by molar-refractivity contribution is 5.87. The predicted molar refractivity (Wildman–Crippen MR) is 57.1 cm³/mol. The topological polar surface area (TPSA) is 17.1 Å². The number of carbonyl (C=O) groups is 1. The maximum atomic E-state index is 13.1. The molecule has 92 valence electrons. The van der Waals surface area contributed by atoms with Gasteiger partial charge in [0.1, 0.15) is 5.82 Å². The lowest BCUT2D eigenvalue weighted by atomic mass is 10.00. The van der Waals surface area contributed by atoms with Crippen molar-refractivity contribution in [3.8, 4) is 11.1 Å².